The fourth-order valence-electron chi connectivity index (χ4n) is 2.11. The van der Waals surface area contributed by atoms with Crippen LogP contribution in [0.5, 0.6) is 0 Å². The van der Waals surface area contributed by atoms with Crippen LogP contribution in [0, 0.1) is 0 Å². The van der Waals surface area contributed by atoms with Crippen LogP contribution < -0.4 is 5.50 Å². The number of benzene rings is 1. The molecule has 96 valence electrons. The smallest absolute Gasteiger partial charge is 0.268 e. The third-order valence-electron chi connectivity index (χ3n) is 2.88. The first-order chi connectivity index (χ1) is 7.72. The Kier molecular flexibility index (Phi) is 4.54. The van der Waals surface area contributed by atoms with E-state index in [-0.39, 0.29) is 6.16 Å². The van der Waals surface area contributed by atoms with Gasteiger partial charge in [0.1, 0.15) is 0 Å². The van der Waals surface area contributed by atoms with Gasteiger partial charge in [-0.1, -0.05) is 45.9 Å². The van der Waals surface area contributed by atoms with Crippen LogP contribution in [0.1, 0.15) is 56.2 Å². The van der Waals surface area contributed by atoms with Gasteiger partial charge in [-0.25, -0.2) is 0 Å². The molecule has 3 nitrogen and oxygen atoms in total. The van der Waals surface area contributed by atoms with E-state index in [0.29, 0.717) is 11.8 Å². The molecule has 4 heteroatoms. The molecule has 0 spiro atoms. The van der Waals surface area contributed by atoms with Gasteiger partial charge in [-0.3, -0.25) is 10.1 Å². The lowest BCUT2D eigenvalue weighted by atomic mass is 9.90. The van der Waals surface area contributed by atoms with E-state index in [1.165, 1.54) is 0 Å². The Morgan fingerprint density at radius 3 is 1.88 bits per heavy atom. The van der Waals surface area contributed by atoms with Crippen LogP contribution in [-0.4, -0.2) is 4.89 Å². The summed E-state index contributed by atoms with van der Waals surface area (Å²) in [5, 5.41) is 0. The van der Waals surface area contributed by atoms with Crippen molar-refractivity contribution in [1.29, 1.82) is 0 Å². The van der Waals surface area contributed by atoms with Crippen molar-refractivity contribution >= 4 is 7.52 Å². The maximum absolute atomic E-state index is 11.5. The predicted molar refractivity (Wildman–Crippen MR) is 72.3 cm³/mol. The highest BCUT2D eigenvalue weighted by atomic mass is 31.2. The Morgan fingerprint density at radius 1 is 1.18 bits per heavy atom. The van der Waals surface area contributed by atoms with Crippen molar-refractivity contribution in [1.82, 2.24) is 0 Å². The van der Waals surface area contributed by atoms with E-state index in [1.54, 1.807) is 0 Å². The average molecular weight is 255 g/mol. The van der Waals surface area contributed by atoms with Crippen LogP contribution in [0.2, 0.25) is 0 Å². The standard InChI is InChI=1S/C13H22NO2P/c1-9(2)11-6-5-7-12(10(3)4)13(11)8-17(14,15)16/h5-7,9-10H,8H2,1-4H3,(H3,14,15,16). The fraction of sp³-hybridized carbons (Fsp3) is 0.538. The van der Waals surface area contributed by atoms with Gasteiger partial charge in [0.2, 0.25) is 0 Å². The summed E-state index contributed by atoms with van der Waals surface area (Å²) in [5.74, 6) is 0.658. The number of hydrogen-bond donors (Lipinski definition) is 2. The Labute approximate surface area is 104 Å². The molecular formula is C13H22NO2P. The molecule has 3 N–H and O–H groups in total. The van der Waals surface area contributed by atoms with Crippen molar-refractivity contribution in [2.75, 3.05) is 0 Å². The van der Waals surface area contributed by atoms with Crippen molar-refractivity contribution in [3.05, 3.63) is 34.9 Å². The van der Waals surface area contributed by atoms with E-state index in [4.69, 9.17) is 5.50 Å². The van der Waals surface area contributed by atoms with E-state index in [1.807, 2.05) is 18.2 Å². The molecular weight excluding hydrogens is 233 g/mol. The molecule has 0 radical (unpaired) electrons. The van der Waals surface area contributed by atoms with Crippen LogP contribution in [0.25, 0.3) is 0 Å². The van der Waals surface area contributed by atoms with Crippen molar-refractivity contribution in [3.63, 3.8) is 0 Å². The molecule has 0 fully saturated rings. The zero-order valence-electron chi connectivity index (χ0n) is 11.0. The highest BCUT2D eigenvalue weighted by molar-refractivity contribution is 7.54. The molecule has 1 unspecified atom stereocenters. The van der Waals surface area contributed by atoms with Crippen LogP contribution in [0.4, 0.5) is 0 Å². The molecule has 0 amide bonds. The largest absolute Gasteiger partial charge is 0.333 e. The molecule has 0 heterocycles. The maximum atomic E-state index is 11.5. The molecule has 0 bridgehead atoms. The molecule has 0 aliphatic rings. The topological polar surface area (TPSA) is 63.3 Å². The van der Waals surface area contributed by atoms with E-state index in [0.717, 1.165) is 16.7 Å². The highest BCUT2D eigenvalue weighted by Gasteiger charge is 2.20. The molecule has 1 aromatic carbocycles. The normalized spacial score (nSPS) is 15.3. The predicted octanol–water partition coefficient (Wildman–Crippen LogP) is 3.58. The Hall–Kier alpha value is -0.630. The monoisotopic (exact) mass is 255 g/mol. The summed E-state index contributed by atoms with van der Waals surface area (Å²) >= 11 is 0. The van der Waals surface area contributed by atoms with Crippen molar-refractivity contribution in [2.45, 2.75) is 45.7 Å². The first-order valence-electron chi connectivity index (χ1n) is 5.94. The Morgan fingerprint density at radius 2 is 1.59 bits per heavy atom. The Balaban J connectivity index is 3.34. The maximum Gasteiger partial charge on any atom is 0.268 e. The van der Waals surface area contributed by atoms with E-state index in [9.17, 15) is 9.46 Å². The van der Waals surface area contributed by atoms with Crippen molar-refractivity contribution in [2.24, 2.45) is 5.50 Å². The first kappa shape index (κ1) is 14.4. The number of hydrogen-bond acceptors (Lipinski definition) is 1. The lowest BCUT2D eigenvalue weighted by Crippen LogP contribution is -2.06. The zero-order chi connectivity index (χ0) is 13.2. The SMILES string of the molecule is CC(C)c1cccc(C(C)C)c1CP(N)(=O)O. The summed E-state index contributed by atoms with van der Waals surface area (Å²) in [6.45, 7) is 8.34. The van der Waals surface area contributed by atoms with Crippen LogP contribution >= 0.6 is 7.52 Å². The third kappa shape index (κ3) is 3.95. The van der Waals surface area contributed by atoms with Crippen molar-refractivity contribution in [3.8, 4) is 0 Å². The van der Waals surface area contributed by atoms with Gasteiger partial charge in [0.05, 0.1) is 6.16 Å². The summed E-state index contributed by atoms with van der Waals surface area (Å²) in [6, 6.07) is 6.04. The minimum absolute atomic E-state index is 0.0644. The molecule has 17 heavy (non-hydrogen) atoms. The summed E-state index contributed by atoms with van der Waals surface area (Å²) in [7, 11) is -3.52. The lowest BCUT2D eigenvalue weighted by Gasteiger charge is -2.20. The first-order valence-corrected chi connectivity index (χ1v) is 7.86. The van der Waals surface area contributed by atoms with Gasteiger partial charge in [-0.15, -0.1) is 0 Å². The van der Waals surface area contributed by atoms with Crippen LogP contribution in [0.15, 0.2) is 18.2 Å². The minimum atomic E-state index is -3.52. The summed E-state index contributed by atoms with van der Waals surface area (Å²) < 4.78 is 11.5. The van der Waals surface area contributed by atoms with E-state index >= 15 is 0 Å². The minimum Gasteiger partial charge on any atom is -0.333 e. The van der Waals surface area contributed by atoms with E-state index < -0.39 is 7.52 Å². The molecule has 0 saturated heterocycles. The average Bonchev–Trinajstić information content (AvgIpc) is 2.14. The van der Waals surface area contributed by atoms with Gasteiger partial charge in [0.15, 0.2) is 0 Å². The van der Waals surface area contributed by atoms with E-state index in [2.05, 4.69) is 27.7 Å². The van der Waals surface area contributed by atoms with Crippen molar-refractivity contribution < 1.29 is 9.46 Å². The molecule has 0 saturated carbocycles. The van der Waals surface area contributed by atoms with Gasteiger partial charge < -0.3 is 4.89 Å². The second-order valence-corrected chi connectivity index (χ2v) is 6.97. The zero-order valence-corrected chi connectivity index (χ0v) is 11.9. The molecule has 1 atom stereocenters. The summed E-state index contributed by atoms with van der Waals surface area (Å²) in [4.78, 5) is 9.42. The van der Waals surface area contributed by atoms with Crippen LogP contribution in [0.3, 0.4) is 0 Å². The second kappa shape index (κ2) is 5.34. The van der Waals surface area contributed by atoms with Gasteiger partial charge >= 0.3 is 0 Å². The Bertz CT molecular complexity index is 409. The summed E-state index contributed by atoms with van der Waals surface area (Å²) in [6.07, 6.45) is 0.0644. The fourth-order valence-corrected chi connectivity index (χ4v) is 2.93. The lowest BCUT2D eigenvalue weighted by molar-refractivity contribution is 0.478. The quantitative estimate of drug-likeness (QED) is 0.808. The number of nitrogens with two attached hydrogens (primary N) is 1. The molecule has 0 aliphatic heterocycles. The second-order valence-electron chi connectivity index (χ2n) is 5.14. The molecule has 0 aromatic heterocycles. The molecule has 1 rings (SSSR count). The van der Waals surface area contributed by atoms with Gasteiger partial charge in [0.25, 0.3) is 7.52 Å². The number of rotatable bonds is 4. The van der Waals surface area contributed by atoms with Gasteiger partial charge in [0, 0.05) is 0 Å². The third-order valence-corrected chi connectivity index (χ3v) is 3.65. The van der Waals surface area contributed by atoms with Gasteiger partial charge in [-0.2, -0.15) is 0 Å². The highest BCUT2D eigenvalue weighted by Crippen LogP contribution is 2.40. The molecule has 1 aromatic rings. The van der Waals surface area contributed by atoms with Gasteiger partial charge in [-0.05, 0) is 28.5 Å². The van der Waals surface area contributed by atoms with Crippen LogP contribution in [-0.2, 0) is 10.7 Å². The summed E-state index contributed by atoms with van der Waals surface area (Å²) in [5.41, 5.74) is 8.51. The molecule has 0 aliphatic carbocycles.